The van der Waals surface area contributed by atoms with Crippen molar-refractivity contribution >= 4 is 0 Å². The summed E-state index contributed by atoms with van der Waals surface area (Å²) in [6.45, 7) is 1.17. The molecule has 0 unspecified atom stereocenters. The van der Waals surface area contributed by atoms with Crippen molar-refractivity contribution in [1.82, 2.24) is 4.90 Å². The van der Waals surface area contributed by atoms with Gasteiger partial charge in [0.1, 0.15) is 5.60 Å². The zero-order valence-corrected chi connectivity index (χ0v) is 15.6. The Balaban J connectivity index is 1.74. The van der Waals surface area contributed by atoms with Crippen molar-refractivity contribution in [1.29, 1.82) is 0 Å². The van der Waals surface area contributed by atoms with Gasteiger partial charge in [-0.05, 0) is 36.6 Å². The van der Waals surface area contributed by atoms with Crippen LogP contribution in [0.3, 0.4) is 0 Å². The molecule has 1 aliphatic rings. The van der Waals surface area contributed by atoms with Crippen LogP contribution in [0.2, 0.25) is 0 Å². The molecule has 1 heterocycles. The SMILES string of the molecule is Oc1c(F)cccc1CN1CCC[C@H]1C(O)(c1ccccc1)c1ccccc1. The van der Waals surface area contributed by atoms with E-state index in [1.54, 1.807) is 12.1 Å². The molecule has 0 aromatic heterocycles. The van der Waals surface area contributed by atoms with Gasteiger partial charge in [-0.3, -0.25) is 4.90 Å². The fourth-order valence-electron chi connectivity index (χ4n) is 4.33. The summed E-state index contributed by atoms with van der Waals surface area (Å²) < 4.78 is 13.8. The van der Waals surface area contributed by atoms with Gasteiger partial charge in [0, 0.05) is 18.2 Å². The predicted molar refractivity (Wildman–Crippen MR) is 107 cm³/mol. The number of aromatic hydroxyl groups is 1. The molecule has 1 aliphatic heterocycles. The first-order chi connectivity index (χ1) is 13.6. The average molecular weight is 377 g/mol. The summed E-state index contributed by atoms with van der Waals surface area (Å²) >= 11 is 0. The second kappa shape index (κ2) is 7.74. The van der Waals surface area contributed by atoms with Crippen molar-refractivity contribution in [3.63, 3.8) is 0 Å². The van der Waals surface area contributed by atoms with Crippen LogP contribution in [0.25, 0.3) is 0 Å². The number of halogens is 1. The molecule has 0 saturated carbocycles. The van der Waals surface area contributed by atoms with Gasteiger partial charge in [-0.1, -0.05) is 72.8 Å². The molecule has 0 spiro atoms. The highest BCUT2D eigenvalue weighted by Crippen LogP contribution is 2.41. The van der Waals surface area contributed by atoms with Gasteiger partial charge in [-0.15, -0.1) is 0 Å². The molecular formula is C24H24FNO2. The number of aliphatic hydroxyl groups is 1. The number of phenolic OH excluding ortho intramolecular Hbond substituents is 1. The first-order valence-electron chi connectivity index (χ1n) is 9.64. The minimum Gasteiger partial charge on any atom is -0.505 e. The summed E-state index contributed by atoms with van der Waals surface area (Å²) in [5, 5.41) is 22.2. The van der Waals surface area contributed by atoms with Crippen molar-refractivity contribution in [3.8, 4) is 5.75 Å². The van der Waals surface area contributed by atoms with Gasteiger partial charge in [0.15, 0.2) is 11.6 Å². The Hall–Kier alpha value is -2.69. The minimum absolute atomic E-state index is 0.181. The monoisotopic (exact) mass is 377 g/mol. The number of likely N-dealkylation sites (tertiary alicyclic amines) is 1. The van der Waals surface area contributed by atoms with Gasteiger partial charge >= 0.3 is 0 Å². The maximum Gasteiger partial charge on any atom is 0.165 e. The van der Waals surface area contributed by atoms with Crippen molar-refractivity contribution in [2.45, 2.75) is 31.0 Å². The van der Waals surface area contributed by atoms with Crippen LogP contribution >= 0.6 is 0 Å². The Morgan fingerprint density at radius 1 is 0.893 bits per heavy atom. The number of nitrogens with zero attached hydrogens (tertiary/aromatic N) is 1. The minimum atomic E-state index is -1.19. The molecule has 28 heavy (non-hydrogen) atoms. The second-order valence-corrected chi connectivity index (χ2v) is 7.37. The fraction of sp³-hybridized carbons (Fsp3) is 0.250. The molecule has 0 radical (unpaired) electrons. The van der Waals surface area contributed by atoms with Crippen LogP contribution in [0.4, 0.5) is 4.39 Å². The lowest BCUT2D eigenvalue weighted by molar-refractivity contribution is -0.00675. The number of para-hydroxylation sites is 1. The van der Waals surface area contributed by atoms with Crippen LogP contribution in [0.5, 0.6) is 5.75 Å². The van der Waals surface area contributed by atoms with E-state index < -0.39 is 11.4 Å². The molecule has 0 amide bonds. The number of benzene rings is 3. The van der Waals surface area contributed by atoms with Crippen molar-refractivity contribution in [3.05, 3.63) is 101 Å². The number of phenols is 1. The normalized spacial score (nSPS) is 17.7. The first-order valence-corrected chi connectivity index (χ1v) is 9.64. The van der Waals surface area contributed by atoms with Gasteiger partial charge in [0.25, 0.3) is 0 Å². The molecule has 1 atom stereocenters. The quantitative estimate of drug-likeness (QED) is 0.691. The van der Waals surface area contributed by atoms with E-state index in [9.17, 15) is 14.6 Å². The highest BCUT2D eigenvalue weighted by molar-refractivity contribution is 5.39. The lowest BCUT2D eigenvalue weighted by atomic mass is 9.79. The highest BCUT2D eigenvalue weighted by Gasteiger charge is 2.45. The van der Waals surface area contributed by atoms with Crippen LogP contribution in [-0.4, -0.2) is 27.7 Å². The van der Waals surface area contributed by atoms with Crippen LogP contribution in [0.1, 0.15) is 29.5 Å². The van der Waals surface area contributed by atoms with E-state index >= 15 is 0 Å². The van der Waals surface area contributed by atoms with E-state index in [0.717, 1.165) is 30.5 Å². The van der Waals surface area contributed by atoms with Crippen molar-refractivity contribution < 1.29 is 14.6 Å². The van der Waals surface area contributed by atoms with Gasteiger partial charge < -0.3 is 10.2 Å². The largest absolute Gasteiger partial charge is 0.505 e. The predicted octanol–water partition coefficient (Wildman–Crippen LogP) is 4.43. The number of rotatable bonds is 5. The molecule has 1 saturated heterocycles. The standard InChI is InChI=1S/C24H24FNO2/c25-21-14-7-9-18(23(21)27)17-26-16-8-15-22(26)24(28,19-10-3-1-4-11-19)20-12-5-2-6-13-20/h1-7,9-14,22,27-28H,8,15-17H2/t22-/m0/s1. The molecule has 0 bridgehead atoms. The molecule has 3 aromatic carbocycles. The third kappa shape index (κ3) is 3.30. The van der Waals surface area contributed by atoms with Crippen LogP contribution in [-0.2, 0) is 12.1 Å². The molecule has 4 heteroatoms. The number of hydrogen-bond acceptors (Lipinski definition) is 3. The summed E-state index contributed by atoms with van der Waals surface area (Å²) in [7, 11) is 0. The molecular weight excluding hydrogens is 353 g/mol. The maximum atomic E-state index is 13.8. The molecule has 144 valence electrons. The van der Waals surface area contributed by atoms with E-state index in [2.05, 4.69) is 4.90 Å². The average Bonchev–Trinajstić information content (AvgIpc) is 3.21. The zero-order valence-electron chi connectivity index (χ0n) is 15.6. The topological polar surface area (TPSA) is 43.7 Å². The summed E-state index contributed by atoms with van der Waals surface area (Å²) in [4.78, 5) is 2.15. The molecule has 2 N–H and O–H groups in total. The van der Waals surface area contributed by atoms with E-state index in [0.29, 0.717) is 12.1 Å². The summed E-state index contributed by atoms with van der Waals surface area (Å²) in [6, 6.07) is 23.8. The Kier molecular flexibility index (Phi) is 5.16. The van der Waals surface area contributed by atoms with Crippen LogP contribution in [0.15, 0.2) is 78.9 Å². The second-order valence-electron chi connectivity index (χ2n) is 7.37. The lowest BCUT2D eigenvalue weighted by Crippen LogP contribution is -2.48. The van der Waals surface area contributed by atoms with E-state index in [4.69, 9.17) is 0 Å². The maximum absolute atomic E-state index is 13.8. The summed E-state index contributed by atoms with van der Waals surface area (Å²) in [5.41, 5.74) is 1.01. The van der Waals surface area contributed by atoms with Gasteiger partial charge in [-0.25, -0.2) is 4.39 Å². The van der Waals surface area contributed by atoms with Gasteiger partial charge in [0.2, 0.25) is 0 Å². The van der Waals surface area contributed by atoms with Gasteiger partial charge in [0.05, 0.1) is 0 Å². The smallest absolute Gasteiger partial charge is 0.165 e. The number of hydrogen-bond donors (Lipinski definition) is 2. The summed E-state index contributed by atoms with van der Waals surface area (Å²) in [5.74, 6) is -0.925. The Morgan fingerprint density at radius 2 is 1.50 bits per heavy atom. The van der Waals surface area contributed by atoms with Crippen molar-refractivity contribution in [2.24, 2.45) is 0 Å². The third-order valence-electron chi connectivity index (χ3n) is 5.72. The van der Waals surface area contributed by atoms with Gasteiger partial charge in [-0.2, -0.15) is 0 Å². The molecule has 0 aliphatic carbocycles. The van der Waals surface area contributed by atoms with E-state index in [-0.39, 0.29) is 11.8 Å². The Morgan fingerprint density at radius 3 is 2.11 bits per heavy atom. The van der Waals surface area contributed by atoms with E-state index in [1.807, 2.05) is 60.7 Å². The molecule has 3 nitrogen and oxygen atoms in total. The zero-order chi connectivity index (χ0) is 19.6. The summed E-state index contributed by atoms with van der Waals surface area (Å²) in [6.07, 6.45) is 1.75. The van der Waals surface area contributed by atoms with E-state index in [1.165, 1.54) is 6.07 Å². The molecule has 4 rings (SSSR count). The first kappa shape index (κ1) is 18.7. The fourth-order valence-corrected chi connectivity index (χ4v) is 4.33. The van der Waals surface area contributed by atoms with Crippen molar-refractivity contribution in [2.75, 3.05) is 6.54 Å². The third-order valence-corrected chi connectivity index (χ3v) is 5.72. The highest BCUT2D eigenvalue weighted by atomic mass is 19.1. The molecule has 3 aromatic rings. The Bertz CT molecular complexity index is 890. The van der Waals surface area contributed by atoms with Crippen LogP contribution in [0, 0.1) is 5.82 Å². The molecule has 1 fully saturated rings. The lowest BCUT2D eigenvalue weighted by Gasteiger charge is -2.40. The van der Waals surface area contributed by atoms with Crippen LogP contribution < -0.4 is 0 Å². The Labute approximate surface area is 164 Å².